The second-order valence-electron chi connectivity index (χ2n) is 6.11. The summed E-state index contributed by atoms with van der Waals surface area (Å²) in [5.41, 5.74) is 4.49. The van der Waals surface area contributed by atoms with E-state index in [9.17, 15) is 4.79 Å². The van der Waals surface area contributed by atoms with Gasteiger partial charge in [0.1, 0.15) is 12.4 Å². The van der Waals surface area contributed by atoms with Gasteiger partial charge in [0.05, 0.1) is 5.56 Å². The fraction of sp³-hybridized carbons (Fsp3) is 0.136. The zero-order valence-electron chi connectivity index (χ0n) is 14.8. The third-order valence-electron chi connectivity index (χ3n) is 4.29. The van der Waals surface area contributed by atoms with Crippen molar-refractivity contribution in [2.24, 2.45) is 0 Å². The number of nitrogens with one attached hydrogen (secondary N) is 1. The molecule has 3 rings (SSSR count). The molecule has 0 radical (unpaired) electrons. The minimum atomic E-state index is -0.189. The second kappa shape index (κ2) is 8.07. The molecule has 0 aromatic heterocycles. The van der Waals surface area contributed by atoms with E-state index in [4.69, 9.17) is 16.3 Å². The van der Waals surface area contributed by atoms with Crippen LogP contribution in [0.4, 0.5) is 5.69 Å². The van der Waals surface area contributed by atoms with Crippen molar-refractivity contribution in [1.29, 1.82) is 0 Å². The molecule has 132 valence electrons. The maximum Gasteiger partial charge on any atom is 0.259 e. The molecule has 0 atom stereocenters. The van der Waals surface area contributed by atoms with E-state index in [0.717, 1.165) is 22.4 Å². The molecule has 26 heavy (non-hydrogen) atoms. The highest BCUT2D eigenvalue weighted by atomic mass is 35.5. The van der Waals surface area contributed by atoms with E-state index in [0.29, 0.717) is 22.9 Å². The van der Waals surface area contributed by atoms with Crippen LogP contribution in [-0.2, 0) is 6.61 Å². The monoisotopic (exact) mass is 365 g/mol. The number of carbonyl (C=O) groups is 1. The predicted molar refractivity (Wildman–Crippen MR) is 106 cm³/mol. The molecule has 0 aliphatic carbocycles. The highest BCUT2D eigenvalue weighted by Crippen LogP contribution is 2.23. The first-order valence-corrected chi connectivity index (χ1v) is 8.76. The maximum atomic E-state index is 12.7. The van der Waals surface area contributed by atoms with Gasteiger partial charge in [0.25, 0.3) is 5.91 Å². The van der Waals surface area contributed by atoms with Gasteiger partial charge < -0.3 is 10.1 Å². The number of carbonyl (C=O) groups excluding carboxylic acids is 1. The Morgan fingerprint density at radius 3 is 2.46 bits per heavy atom. The molecule has 0 aliphatic rings. The number of para-hydroxylation sites is 1. The van der Waals surface area contributed by atoms with Gasteiger partial charge in [-0.1, -0.05) is 48.0 Å². The average molecular weight is 366 g/mol. The molecule has 0 unspecified atom stereocenters. The first-order valence-electron chi connectivity index (χ1n) is 8.38. The number of hydrogen-bond acceptors (Lipinski definition) is 2. The van der Waals surface area contributed by atoms with Gasteiger partial charge in [0, 0.05) is 10.7 Å². The highest BCUT2D eigenvalue weighted by Gasteiger charge is 2.14. The molecular weight excluding hydrogens is 346 g/mol. The standard InChI is InChI=1S/C22H20ClNO2/c1-15-6-5-8-20(16(15)2)24-22(25)19-7-3-4-9-21(19)26-14-17-10-12-18(23)13-11-17/h3-13H,14H2,1-2H3,(H,24,25). The summed E-state index contributed by atoms with van der Waals surface area (Å²) >= 11 is 5.90. The molecule has 3 aromatic rings. The lowest BCUT2D eigenvalue weighted by atomic mass is 10.1. The van der Waals surface area contributed by atoms with Gasteiger partial charge in [-0.05, 0) is 60.9 Å². The zero-order chi connectivity index (χ0) is 18.5. The first-order chi connectivity index (χ1) is 12.5. The van der Waals surface area contributed by atoms with Crippen molar-refractivity contribution >= 4 is 23.2 Å². The summed E-state index contributed by atoms with van der Waals surface area (Å²) in [6.07, 6.45) is 0. The van der Waals surface area contributed by atoms with Crippen molar-refractivity contribution < 1.29 is 9.53 Å². The van der Waals surface area contributed by atoms with Crippen molar-refractivity contribution in [3.8, 4) is 5.75 Å². The van der Waals surface area contributed by atoms with Crippen LogP contribution in [0.3, 0.4) is 0 Å². The van der Waals surface area contributed by atoms with Crippen molar-refractivity contribution in [2.45, 2.75) is 20.5 Å². The molecule has 1 amide bonds. The topological polar surface area (TPSA) is 38.3 Å². The van der Waals surface area contributed by atoms with Crippen LogP contribution >= 0.6 is 11.6 Å². The smallest absolute Gasteiger partial charge is 0.259 e. The zero-order valence-corrected chi connectivity index (χ0v) is 15.5. The molecule has 0 saturated heterocycles. The number of hydrogen-bond donors (Lipinski definition) is 1. The molecule has 1 N–H and O–H groups in total. The maximum absolute atomic E-state index is 12.7. The van der Waals surface area contributed by atoms with Crippen LogP contribution < -0.4 is 10.1 Å². The lowest BCUT2D eigenvalue weighted by Crippen LogP contribution is -2.14. The first kappa shape index (κ1) is 18.0. The number of aryl methyl sites for hydroxylation is 1. The molecular formula is C22H20ClNO2. The number of rotatable bonds is 5. The fourth-order valence-electron chi connectivity index (χ4n) is 2.60. The summed E-state index contributed by atoms with van der Waals surface area (Å²) in [6.45, 7) is 4.38. The van der Waals surface area contributed by atoms with Crippen LogP contribution in [0.2, 0.25) is 5.02 Å². The summed E-state index contributed by atoms with van der Waals surface area (Å²) in [6, 6.07) is 20.5. The summed E-state index contributed by atoms with van der Waals surface area (Å²) in [7, 11) is 0. The number of halogens is 1. The van der Waals surface area contributed by atoms with Gasteiger partial charge in [-0.2, -0.15) is 0 Å². The van der Waals surface area contributed by atoms with Crippen molar-refractivity contribution in [3.05, 3.63) is 94.0 Å². The van der Waals surface area contributed by atoms with E-state index < -0.39 is 0 Å². The van der Waals surface area contributed by atoms with Gasteiger partial charge in [-0.3, -0.25) is 4.79 Å². The lowest BCUT2D eigenvalue weighted by Gasteiger charge is -2.14. The van der Waals surface area contributed by atoms with Crippen molar-refractivity contribution in [3.63, 3.8) is 0 Å². The van der Waals surface area contributed by atoms with Crippen molar-refractivity contribution in [2.75, 3.05) is 5.32 Å². The molecule has 3 nitrogen and oxygen atoms in total. The van der Waals surface area contributed by atoms with E-state index in [1.54, 1.807) is 12.1 Å². The summed E-state index contributed by atoms with van der Waals surface area (Å²) < 4.78 is 5.87. The number of benzene rings is 3. The molecule has 0 heterocycles. The normalized spacial score (nSPS) is 10.4. The van der Waals surface area contributed by atoms with E-state index >= 15 is 0 Å². The SMILES string of the molecule is Cc1cccc(NC(=O)c2ccccc2OCc2ccc(Cl)cc2)c1C. The Kier molecular flexibility index (Phi) is 5.59. The Morgan fingerprint density at radius 1 is 0.962 bits per heavy atom. The van der Waals surface area contributed by atoms with Crippen LogP contribution in [0.15, 0.2) is 66.7 Å². The van der Waals surface area contributed by atoms with E-state index in [1.165, 1.54) is 0 Å². The fourth-order valence-corrected chi connectivity index (χ4v) is 2.72. The van der Waals surface area contributed by atoms with Gasteiger partial charge in [0.2, 0.25) is 0 Å². The number of ether oxygens (including phenoxy) is 1. The largest absolute Gasteiger partial charge is 0.488 e. The Bertz CT molecular complexity index is 920. The van der Waals surface area contributed by atoms with Gasteiger partial charge in [-0.15, -0.1) is 0 Å². The van der Waals surface area contributed by atoms with E-state index in [-0.39, 0.29) is 5.91 Å². The third kappa shape index (κ3) is 4.24. The van der Waals surface area contributed by atoms with Gasteiger partial charge in [0.15, 0.2) is 0 Å². The molecule has 0 spiro atoms. The van der Waals surface area contributed by atoms with Crippen molar-refractivity contribution in [1.82, 2.24) is 0 Å². The van der Waals surface area contributed by atoms with Crippen LogP contribution in [0.1, 0.15) is 27.0 Å². The predicted octanol–water partition coefficient (Wildman–Crippen LogP) is 5.79. The summed E-state index contributed by atoms with van der Waals surface area (Å²) in [5, 5.41) is 3.66. The highest BCUT2D eigenvalue weighted by molar-refractivity contribution is 6.30. The van der Waals surface area contributed by atoms with Crippen LogP contribution in [-0.4, -0.2) is 5.91 Å². The minimum absolute atomic E-state index is 0.189. The lowest BCUT2D eigenvalue weighted by molar-refractivity contribution is 0.102. The molecule has 0 saturated carbocycles. The molecule has 0 fully saturated rings. The Labute approximate surface area is 158 Å². The Balaban J connectivity index is 1.76. The number of anilines is 1. The van der Waals surface area contributed by atoms with Gasteiger partial charge in [-0.25, -0.2) is 0 Å². The summed E-state index contributed by atoms with van der Waals surface area (Å²) in [5.74, 6) is 0.357. The van der Waals surface area contributed by atoms with Crippen LogP contribution in [0, 0.1) is 13.8 Å². The number of amides is 1. The Hall–Kier alpha value is -2.78. The molecule has 0 bridgehead atoms. The van der Waals surface area contributed by atoms with E-state index in [1.807, 2.05) is 68.4 Å². The van der Waals surface area contributed by atoms with Gasteiger partial charge >= 0.3 is 0 Å². The van der Waals surface area contributed by atoms with Crippen LogP contribution in [0.5, 0.6) is 5.75 Å². The molecule has 4 heteroatoms. The minimum Gasteiger partial charge on any atom is -0.488 e. The third-order valence-corrected chi connectivity index (χ3v) is 4.54. The average Bonchev–Trinajstić information content (AvgIpc) is 2.65. The second-order valence-corrected chi connectivity index (χ2v) is 6.55. The summed E-state index contributed by atoms with van der Waals surface area (Å²) in [4.78, 5) is 12.7. The quantitative estimate of drug-likeness (QED) is 0.621. The van der Waals surface area contributed by atoms with E-state index in [2.05, 4.69) is 5.32 Å². The van der Waals surface area contributed by atoms with Crippen LogP contribution in [0.25, 0.3) is 0 Å². The molecule has 3 aromatic carbocycles. The Morgan fingerprint density at radius 2 is 1.69 bits per heavy atom. The molecule has 0 aliphatic heterocycles.